The smallest absolute Gasteiger partial charge is 0.319 e. The molecule has 0 aliphatic rings. The highest BCUT2D eigenvalue weighted by molar-refractivity contribution is 6.32. The lowest BCUT2D eigenvalue weighted by molar-refractivity contribution is -0.385. The van der Waals surface area contributed by atoms with Crippen molar-refractivity contribution in [3.63, 3.8) is 0 Å². The first kappa shape index (κ1) is 14.0. The summed E-state index contributed by atoms with van der Waals surface area (Å²) in [4.78, 5) is 27.4. The van der Waals surface area contributed by atoms with Gasteiger partial charge in [0, 0.05) is 13.2 Å². The Balaban J connectivity index is 2.29. The number of rotatable bonds is 4. The van der Waals surface area contributed by atoms with E-state index in [2.05, 4.69) is 4.98 Å². The third-order valence-corrected chi connectivity index (χ3v) is 2.89. The Hall–Kier alpha value is -2.41. The molecule has 2 heterocycles. The lowest BCUT2D eigenvalue weighted by Crippen LogP contribution is -2.26. The van der Waals surface area contributed by atoms with Gasteiger partial charge in [-0.05, 0) is 18.2 Å². The van der Waals surface area contributed by atoms with Crippen molar-refractivity contribution in [3.05, 3.63) is 57.3 Å². The average molecular weight is 296 g/mol. The van der Waals surface area contributed by atoms with Crippen LogP contribution in [-0.2, 0) is 6.54 Å². The van der Waals surface area contributed by atoms with E-state index in [1.54, 1.807) is 12.1 Å². The minimum atomic E-state index is -0.719. The number of hydrogen-bond donors (Lipinski definition) is 0. The van der Waals surface area contributed by atoms with Crippen LogP contribution in [0.15, 0.2) is 35.1 Å². The average Bonchev–Trinajstić information content (AvgIpc) is 2.89. The molecule has 0 unspecified atom stereocenters. The van der Waals surface area contributed by atoms with Crippen LogP contribution in [0.2, 0.25) is 5.15 Å². The second kappa shape index (κ2) is 5.70. The fourth-order valence-electron chi connectivity index (χ4n) is 1.69. The summed E-state index contributed by atoms with van der Waals surface area (Å²) in [5.74, 6) is 0.0426. The van der Waals surface area contributed by atoms with Gasteiger partial charge in [-0.1, -0.05) is 11.6 Å². The lowest BCUT2D eigenvalue weighted by Gasteiger charge is -2.15. The predicted molar refractivity (Wildman–Crippen MR) is 70.4 cm³/mol. The molecule has 0 bridgehead atoms. The standard InChI is InChI=1S/C12H10ClN3O4/c1-15(7-8-3-2-6-20-8)12(17)9-4-5-14-11(13)10(9)16(18)19/h2-6H,7H2,1H3. The molecule has 8 heteroatoms. The molecule has 2 aromatic rings. The van der Waals surface area contributed by atoms with E-state index in [0.717, 1.165) is 0 Å². The molecule has 2 aromatic heterocycles. The van der Waals surface area contributed by atoms with Crippen molar-refractivity contribution in [3.8, 4) is 0 Å². The molecular formula is C12H10ClN3O4. The molecule has 0 saturated heterocycles. The Morgan fingerprint density at radius 1 is 1.55 bits per heavy atom. The number of carbonyl (C=O) groups is 1. The Labute approximate surface area is 118 Å². The van der Waals surface area contributed by atoms with Crippen molar-refractivity contribution in [2.45, 2.75) is 6.54 Å². The minimum absolute atomic E-state index is 0.107. The minimum Gasteiger partial charge on any atom is -0.467 e. The second-order valence-electron chi connectivity index (χ2n) is 4.00. The van der Waals surface area contributed by atoms with Gasteiger partial charge < -0.3 is 9.32 Å². The summed E-state index contributed by atoms with van der Waals surface area (Å²) in [6.45, 7) is 0.197. The number of pyridine rings is 1. The maximum atomic E-state index is 12.2. The van der Waals surface area contributed by atoms with Crippen molar-refractivity contribution < 1.29 is 14.1 Å². The summed E-state index contributed by atoms with van der Waals surface area (Å²) in [5, 5.41) is 10.7. The zero-order valence-electron chi connectivity index (χ0n) is 10.4. The van der Waals surface area contributed by atoms with Crippen LogP contribution in [0.3, 0.4) is 0 Å². The second-order valence-corrected chi connectivity index (χ2v) is 4.35. The van der Waals surface area contributed by atoms with Crippen molar-refractivity contribution >= 4 is 23.2 Å². The molecule has 20 heavy (non-hydrogen) atoms. The number of furan rings is 1. The van der Waals surface area contributed by atoms with Gasteiger partial charge >= 0.3 is 5.69 Å². The molecule has 7 nitrogen and oxygen atoms in total. The van der Waals surface area contributed by atoms with Crippen LogP contribution in [-0.4, -0.2) is 27.8 Å². The number of aromatic nitrogens is 1. The van der Waals surface area contributed by atoms with E-state index in [0.29, 0.717) is 5.76 Å². The third kappa shape index (κ3) is 2.77. The van der Waals surface area contributed by atoms with Crippen molar-refractivity contribution in [1.29, 1.82) is 0 Å². The molecular weight excluding hydrogens is 286 g/mol. The first-order valence-corrected chi connectivity index (χ1v) is 5.95. The Bertz CT molecular complexity index is 642. The van der Waals surface area contributed by atoms with E-state index in [4.69, 9.17) is 16.0 Å². The van der Waals surface area contributed by atoms with Crippen LogP contribution in [0.25, 0.3) is 0 Å². The molecule has 0 fully saturated rings. The van der Waals surface area contributed by atoms with E-state index in [9.17, 15) is 14.9 Å². The van der Waals surface area contributed by atoms with E-state index < -0.39 is 16.5 Å². The SMILES string of the molecule is CN(Cc1ccco1)C(=O)c1ccnc(Cl)c1[N+](=O)[O-]. The summed E-state index contributed by atoms with van der Waals surface area (Å²) in [6.07, 6.45) is 2.74. The van der Waals surface area contributed by atoms with Gasteiger partial charge in [-0.15, -0.1) is 0 Å². The summed E-state index contributed by atoms with van der Waals surface area (Å²) >= 11 is 5.67. The molecule has 2 rings (SSSR count). The molecule has 0 N–H and O–H groups in total. The number of carbonyl (C=O) groups excluding carboxylic acids is 1. The van der Waals surface area contributed by atoms with E-state index >= 15 is 0 Å². The molecule has 1 amide bonds. The Morgan fingerprint density at radius 2 is 2.30 bits per heavy atom. The van der Waals surface area contributed by atoms with Crippen LogP contribution in [0.1, 0.15) is 16.1 Å². The first-order chi connectivity index (χ1) is 9.50. The van der Waals surface area contributed by atoms with E-state index in [1.807, 2.05) is 0 Å². The largest absolute Gasteiger partial charge is 0.467 e. The predicted octanol–water partition coefficient (Wildman–Crippen LogP) is 2.51. The monoisotopic (exact) mass is 295 g/mol. The maximum absolute atomic E-state index is 12.2. The van der Waals surface area contributed by atoms with Gasteiger partial charge in [-0.25, -0.2) is 4.98 Å². The summed E-state index contributed by atoms with van der Waals surface area (Å²) < 4.78 is 5.13. The molecule has 0 aliphatic heterocycles. The number of nitro groups is 1. The topological polar surface area (TPSA) is 89.5 Å². The van der Waals surface area contributed by atoms with E-state index in [1.165, 1.54) is 30.5 Å². The normalized spacial score (nSPS) is 10.3. The van der Waals surface area contributed by atoms with Gasteiger partial charge in [-0.3, -0.25) is 14.9 Å². The molecule has 0 radical (unpaired) electrons. The number of nitrogens with zero attached hydrogens (tertiary/aromatic N) is 3. The fourth-order valence-corrected chi connectivity index (χ4v) is 1.92. The van der Waals surface area contributed by atoms with Crippen LogP contribution >= 0.6 is 11.6 Å². The van der Waals surface area contributed by atoms with Crippen LogP contribution in [0, 0.1) is 10.1 Å². The van der Waals surface area contributed by atoms with Crippen LogP contribution < -0.4 is 0 Å². The zero-order chi connectivity index (χ0) is 14.7. The van der Waals surface area contributed by atoms with Gasteiger partial charge in [0.2, 0.25) is 5.15 Å². The van der Waals surface area contributed by atoms with Gasteiger partial charge in [-0.2, -0.15) is 0 Å². The highest BCUT2D eigenvalue weighted by Crippen LogP contribution is 2.27. The highest BCUT2D eigenvalue weighted by Gasteiger charge is 2.27. The number of halogens is 1. The molecule has 104 valence electrons. The summed E-state index contributed by atoms with van der Waals surface area (Å²) in [5.41, 5.74) is -0.602. The molecule has 0 spiro atoms. The zero-order valence-corrected chi connectivity index (χ0v) is 11.2. The van der Waals surface area contributed by atoms with Crippen molar-refractivity contribution in [2.24, 2.45) is 0 Å². The molecule has 0 aromatic carbocycles. The molecule has 0 aliphatic carbocycles. The number of amides is 1. The van der Waals surface area contributed by atoms with Crippen molar-refractivity contribution in [2.75, 3.05) is 7.05 Å². The highest BCUT2D eigenvalue weighted by atomic mass is 35.5. The van der Waals surface area contributed by atoms with Gasteiger partial charge in [0.15, 0.2) is 0 Å². The molecule has 0 saturated carbocycles. The summed E-state index contributed by atoms with van der Waals surface area (Å²) in [7, 11) is 1.52. The lowest BCUT2D eigenvalue weighted by atomic mass is 10.2. The fraction of sp³-hybridized carbons (Fsp3) is 0.167. The van der Waals surface area contributed by atoms with Gasteiger partial charge in [0.1, 0.15) is 11.3 Å². The summed E-state index contributed by atoms with van der Waals surface area (Å²) in [6, 6.07) is 4.67. The van der Waals surface area contributed by atoms with Gasteiger partial charge in [0.25, 0.3) is 5.91 Å². The third-order valence-electron chi connectivity index (χ3n) is 2.61. The van der Waals surface area contributed by atoms with Crippen LogP contribution in [0.5, 0.6) is 0 Å². The first-order valence-electron chi connectivity index (χ1n) is 5.57. The Kier molecular flexibility index (Phi) is 3.99. The Morgan fingerprint density at radius 3 is 2.90 bits per heavy atom. The van der Waals surface area contributed by atoms with Gasteiger partial charge in [0.05, 0.1) is 17.7 Å². The quantitative estimate of drug-likeness (QED) is 0.491. The van der Waals surface area contributed by atoms with Crippen molar-refractivity contribution in [1.82, 2.24) is 9.88 Å². The number of hydrogen-bond acceptors (Lipinski definition) is 5. The van der Waals surface area contributed by atoms with Crippen LogP contribution in [0.4, 0.5) is 5.69 Å². The molecule has 0 atom stereocenters. The maximum Gasteiger partial charge on any atom is 0.319 e. The van der Waals surface area contributed by atoms with E-state index in [-0.39, 0.29) is 17.3 Å².